The molecule has 3 aromatic carbocycles. The van der Waals surface area contributed by atoms with Crippen LogP contribution in [0.15, 0.2) is 82.7 Å². The molecular weight excluding hydrogens is 470 g/mol. The third-order valence-corrected chi connectivity index (χ3v) is 6.35. The summed E-state index contributed by atoms with van der Waals surface area (Å²) in [6, 6.07) is 19.8. The van der Waals surface area contributed by atoms with Crippen LogP contribution in [0.1, 0.15) is 13.3 Å². The number of nitriles is 1. The van der Waals surface area contributed by atoms with E-state index >= 15 is 0 Å². The van der Waals surface area contributed by atoms with Gasteiger partial charge in [-0.1, -0.05) is 23.9 Å². The highest BCUT2D eigenvalue weighted by Crippen LogP contribution is 2.28. The Bertz CT molecular complexity index is 1460. The summed E-state index contributed by atoms with van der Waals surface area (Å²) < 4.78 is 28.3. The zero-order valence-corrected chi connectivity index (χ0v) is 19.5. The summed E-state index contributed by atoms with van der Waals surface area (Å²) in [5, 5.41) is 8.99. The summed E-state index contributed by atoms with van der Waals surface area (Å²) in [6.07, 6.45) is 0.0923. The molecule has 0 bridgehead atoms. The standard InChI is InChI=1S/C26H20F2N4O2S/c1-17(24(33)31(16-4-15-29)20-11-7-18(27)8-12-20)35-26-30-23-6-3-2-5-22(23)25(34)32(26)21-13-9-19(28)10-14-21/h2-3,5-14,17H,4,16H2,1H3. The molecule has 176 valence electrons. The van der Waals surface area contributed by atoms with Gasteiger partial charge in [-0.2, -0.15) is 5.26 Å². The van der Waals surface area contributed by atoms with Crippen LogP contribution < -0.4 is 10.5 Å². The van der Waals surface area contributed by atoms with Gasteiger partial charge in [0.25, 0.3) is 5.56 Å². The molecule has 1 aromatic heterocycles. The topological polar surface area (TPSA) is 79.0 Å². The second-order valence-corrected chi connectivity index (χ2v) is 8.97. The summed E-state index contributed by atoms with van der Waals surface area (Å²) in [6.45, 7) is 1.80. The zero-order valence-electron chi connectivity index (χ0n) is 18.7. The predicted octanol–water partition coefficient (Wildman–Crippen LogP) is 5.09. The van der Waals surface area contributed by atoms with Gasteiger partial charge in [0, 0.05) is 12.2 Å². The van der Waals surface area contributed by atoms with Gasteiger partial charge in [0.05, 0.1) is 34.3 Å². The van der Waals surface area contributed by atoms with Crippen LogP contribution in [-0.2, 0) is 4.79 Å². The van der Waals surface area contributed by atoms with E-state index in [9.17, 15) is 18.4 Å². The van der Waals surface area contributed by atoms with Crippen molar-refractivity contribution in [1.29, 1.82) is 5.26 Å². The van der Waals surface area contributed by atoms with Crippen molar-refractivity contribution in [1.82, 2.24) is 9.55 Å². The number of thioether (sulfide) groups is 1. The lowest BCUT2D eigenvalue weighted by molar-refractivity contribution is -0.117. The molecule has 0 aliphatic rings. The number of hydrogen-bond acceptors (Lipinski definition) is 5. The lowest BCUT2D eigenvalue weighted by atomic mass is 10.2. The molecule has 1 atom stereocenters. The third kappa shape index (κ3) is 5.23. The number of benzene rings is 3. The van der Waals surface area contributed by atoms with Crippen molar-refractivity contribution < 1.29 is 13.6 Å². The van der Waals surface area contributed by atoms with Gasteiger partial charge < -0.3 is 4.90 Å². The van der Waals surface area contributed by atoms with E-state index in [1.165, 1.54) is 58.0 Å². The molecule has 0 fully saturated rings. The first-order valence-corrected chi connectivity index (χ1v) is 11.7. The Morgan fingerprint density at radius 1 is 1.06 bits per heavy atom. The first kappa shape index (κ1) is 24.1. The molecule has 0 spiro atoms. The fourth-order valence-electron chi connectivity index (χ4n) is 3.59. The van der Waals surface area contributed by atoms with Crippen molar-refractivity contribution in [3.63, 3.8) is 0 Å². The molecule has 4 rings (SSSR count). The summed E-state index contributed by atoms with van der Waals surface area (Å²) in [5.41, 5.74) is 1.00. The van der Waals surface area contributed by atoms with E-state index in [1.54, 1.807) is 31.2 Å². The van der Waals surface area contributed by atoms with E-state index in [1.807, 2.05) is 6.07 Å². The maximum Gasteiger partial charge on any atom is 0.266 e. The summed E-state index contributed by atoms with van der Waals surface area (Å²) in [5.74, 6) is -1.21. The maximum absolute atomic E-state index is 13.5. The van der Waals surface area contributed by atoms with Crippen LogP contribution in [0, 0.1) is 23.0 Å². The van der Waals surface area contributed by atoms with Crippen molar-refractivity contribution >= 4 is 34.3 Å². The van der Waals surface area contributed by atoms with Crippen LogP contribution in [0.3, 0.4) is 0 Å². The highest BCUT2D eigenvalue weighted by molar-refractivity contribution is 8.00. The number of carbonyl (C=O) groups excluding carboxylic acids is 1. The van der Waals surface area contributed by atoms with Gasteiger partial charge in [0.1, 0.15) is 11.6 Å². The fraction of sp³-hybridized carbons (Fsp3) is 0.154. The molecular formula is C26H20F2N4O2S. The Labute approximate surface area is 204 Å². The number of nitrogens with zero attached hydrogens (tertiary/aromatic N) is 4. The van der Waals surface area contributed by atoms with Gasteiger partial charge >= 0.3 is 0 Å². The smallest absolute Gasteiger partial charge is 0.266 e. The molecule has 9 heteroatoms. The molecule has 1 unspecified atom stereocenters. The van der Waals surface area contributed by atoms with Crippen molar-refractivity contribution in [2.45, 2.75) is 23.8 Å². The molecule has 0 aliphatic heterocycles. The molecule has 0 aliphatic carbocycles. The Morgan fingerprint density at radius 2 is 1.69 bits per heavy atom. The second-order valence-electron chi connectivity index (χ2n) is 7.66. The molecule has 35 heavy (non-hydrogen) atoms. The van der Waals surface area contributed by atoms with Crippen LogP contribution in [0.4, 0.5) is 14.5 Å². The minimum atomic E-state index is -0.710. The molecule has 1 amide bonds. The number of hydrogen-bond donors (Lipinski definition) is 0. The van der Waals surface area contributed by atoms with Crippen LogP contribution in [0.25, 0.3) is 16.6 Å². The van der Waals surface area contributed by atoms with Gasteiger partial charge in [-0.3, -0.25) is 14.2 Å². The largest absolute Gasteiger partial charge is 0.310 e. The quantitative estimate of drug-likeness (QED) is 0.266. The maximum atomic E-state index is 13.5. The molecule has 1 heterocycles. The van der Waals surface area contributed by atoms with E-state index in [2.05, 4.69) is 4.98 Å². The highest BCUT2D eigenvalue weighted by atomic mass is 32.2. The molecule has 0 N–H and O–H groups in total. The zero-order chi connectivity index (χ0) is 24.9. The van der Waals surface area contributed by atoms with Gasteiger partial charge in [0.15, 0.2) is 5.16 Å². The number of amides is 1. The molecule has 0 saturated carbocycles. The SMILES string of the molecule is CC(Sc1nc2ccccc2c(=O)n1-c1ccc(F)cc1)C(=O)N(CCC#N)c1ccc(F)cc1. The monoisotopic (exact) mass is 490 g/mol. The summed E-state index contributed by atoms with van der Waals surface area (Å²) in [4.78, 5) is 32.8. The van der Waals surface area contributed by atoms with E-state index < -0.39 is 16.9 Å². The van der Waals surface area contributed by atoms with Crippen LogP contribution in [0.5, 0.6) is 0 Å². The fourth-order valence-corrected chi connectivity index (χ4v) is 4.58. The minimum Gasteiger partial charge on any atom is -0.310 e. The van der Waals surface area contributed by atoms with Crippen molar-refractivity contribution in [2.75, 3.05) is 11.4 Å². The Hall–Kier alpha value is -4.03. The molecule has 0 saturated heterocycles. The number of anilines is 1. The van der Waals surface area contributed by atoms with Crippen molar-refractivity contribution in [3.05, 3.63) is 94.8 Å². The van der Waals surface area contributed by atoms with E-state index in [0.29, 0.717) is 22.3 Å². The number of aromatic nitrogens is 2. The lowest BCUT2D eigenvalue weighted by Crippen LogP contribution is -2.37. The Balaban J connectivity index is 1.74. The number of carbonyl (C=O) groups is 1. The highest BCUT2D eigenvalue weighted by Gasteiger charge is 2.25. The van der Waals surface area contributed by atoms with E-state index in [-0.39, 0.29) is 29.6 Å². The van der Waals surface area contributed by atoms with Gasteiger partial charge in [-0.15, -0.1) is 0 Å². The number of rotatable bonds is 7. The Morgan fingerprint density at radius 3 is 2.34 bits per heavy atom. The number of halogens is 2. The van der Waals surface area contributed by atoms with Crippen LogP contribution in [-0.4, -0.2) is 27.3 Å². The summed E-state index contributed by atoms with van der Waals surface area (Å²) >= 11 is 1.08. The third-order valence-electron chi connectivity index (χ3n) is 5.31. The van der Waals surface area contributed by atoms with Crippen LogP contribution in [0.2, 0.25) is 0 Å². The van der Waals surface area contributed by atoms with Crippen LogP contribution >= 0.6 is 11.8 Å². The molecule has 0 radical (unpaired) electrons. The predicted molar refractivity (Wildman–Crippen MR) is 132 cm³/mol. The van der Waals surface area contributed by atoms with E-state index in [0.717, 1.165) is 11.8 Å². The van der Waals surface area contributed by atoms with E-state index in [4.69, 9.17) is 5.26 Å². The number of fused-ring (bicyclic) bond motifs is 1. The van der Waals surface area contributed by atoms with Crippen molar-refractivity contribution in [2.24, 2.45) is 0 Å². The average Bonchev–Trinajstić information content (AvgIpc) is 2.86. The molecule has 6 nitrogen and oxygen atoms in total. The minimum absolute atomic E-state index is 0.0923. The first-order chi connectivity index (χ1) is 16.9. The van der Waals surface area contributed by atoms with Gasteiger partial charge in [0.2, 0.25) is 5.91 Å². The van der Waals surface area contributed by atoms with Gasteiger partial charge in [-0.25, -0.2) is 13.8 Å². The molecule has 4 aromatic rings. The van der Waals surface area contributed by atoms with Gasteiger partial charge in [-0.05, 0) is 67.6 Å². The summed E-state index contributed by atoms with van der Waals surface area (Å²) in [7, 11) is 0. The Kier molecular flexibility index (Phi) is 7.22. The second kappa shape index (κ2) is 10.5. The number of para-hydroxylation sites is 1. The average molecular weight is 491 g/mol. The van der Waals surface area contributed by atoms with Crippen molar-refractivity contribution in [3.8, 4) is 11.8 Å². The normalized spacial score (nSPS) is 11.7. The first-order valence-electron chi connectivity index (χ1n) is 10.8. The lowest BCUT2D eigenvalue weighted by Gasteiger charge is -2.25.